The van der Waals surface area contributed by atoms with E-state index in [1.165, 1.54) is 0 Å². The van der Waals surface area contributed by atoms with Crippen LogP contribution in [0.25, 0.3) is 0 Å². The zero-order chi connectivity index (χ0) is 19.1. The first-order chi connectivity index (χ1) is 12.5. The number of hydrogen-bond donors (Lipinski definition) is 2. The number of aryl methyl sites for hydroxylation is 1. The number of aromatic nitrogens is 2. The number of anilines is 1. The third-order valence-electron chi connectivity index (χ3n) is 4.22. The maximum absolute atomic E-state index is 5.38. The highest BCUT2D eigenvalue weighted by Crippen LogP contribution is 2.28. The monoisotopic (exact) mass is 376 g/mol. The Labute approximate surface area is 160 Å². The van der Waals surface area contributed by atoms with Gasteiger partial charge < -0.3 is 20.1 Å². The van der Waals surface area contributed by atoms with E-state index < -0.39 is 0 Å². The van der Waals surface area contributed by atoms with Crippen LogP contribution < -0.4 is 20.1 Å². The molecule has 0 aliphatic rings. The lowest BCUT2D eigenvalue weighted by molar-refractivity contribution is 0.354. The van der Waals surface area contributed by atoms with Crippen LogP contribution >= 0.6 is 12.2 Å². The van der Waals surface area contributed by atoms with Crippen molar-refractivity contribution in [1.29, 1.82) is 0 Å². The number of nitrogens with zero attached hydrogens (tertiary/aromatic N) is 2. The second kappa shape index (κ2) is 9.43. The molecule has 142 valence electrons. The molecular weight excluding hydrogens is 348 g/mol. The summed E-state index contributed by atoms with van der Waals surface area (Å²) in [5.41, 5.74) is 4.00. The fourth-order valence-corrected chi connectivity index (χ4v) is 2.92. The third-order valence-corrected chi connectivity index (χ3v) is 4.46. The Morgan fingerprint density at radius 2 is 1.92 bits per heavy atom. The van der Waals surface area contributed by atoms with E-state index in [0.29, 0.717) is 17.4 Å². The Kier molecular flexibility index (Phi) is 7.26. The molecule has 0 bridgehead atoms. The number of unbranched alkanes of at least 4 members (excludes halogenated alkanes) is 1. The van der Waals surface area contributed by atoms with E-state index in [0.717, 1.165) is 47.8 Å². The lowest BCUT2D eigenvalue weighted by Gasteiger charge is -2.12. The number of hydrogen-bond acceptors (Lipinski definition) is 4. The summed E-state index contributed by atoms with van der Waals surface area (Å²) in [7, 11) is 3.27. The van der Waals surface area contributed by atoms with Gasteiger partial charge in [0.1, 0.15) is 0 Å². The van der Waals surface area contributed by atoms with Crippen molar-refractivity contribution in [3.63, 3.8) is 0 Å². The molecule has 2 aromatic rings. The van der Waals surface area contributed by atoms with Gasteiger partial charge in [-0.1, -0.05) is 19.4 Å². The van der Waals surface area contributed by atoms with Gasteiger partial charge in [0.15, 0.2) is 16.6 Å². The van der Waals surface area contributed by atoms with Crippen molar-refractivity contribution in [3.05, 3.63) is 35.2 Å². The van der Waals surface area contributed by atoms with E-state index in [1.54, 1.807) is 14.2 Å². The SMILES string of the molecule is CCCCNC(=S)Nc1c(C)nn(Cc2ccc(OC)c(OC)c2)c1C. The summed E-state index contributed by atoms with van der Waals surface area (Å²) in [6.45, 7) is 7.70. The Balaban J connectivity index is 2.13. The minimum atomic E-state index is 0.635. The highest BCUT2D eigenvalue weighted by molar-refractivity contribution is 7.80. The fourth-order valence-electron chi connectivity index (χ4n) is 2.72. The summed E-state index contributed by atoms with van der Waals surface area (Å²) in [5.74, 6) is 1.43. The van der Waals surface area contributed by atoms with Gasteiger partial charge in [0.2, 0.25) is 0 Å². The third kappa shape index (κ3) is 4.88. The van der Waals surface area contributed by atoms with Crippen LogP contribution in [0, 0.1) is 13.8 Å². The van der Waals surface area contributed by atoms with Crippen molar-refractivity contribution < 1.29 is 9.47 Å². The Bertz CT molecular complexity index is 758. The molecule has 2 rings (SSSR count). The van der Waals surface area contributed by atoms with Gasteiger partial charge in [-0.3, -0.25) is 4.68 Å². The van der Waals surface area contributed by atoms with Gasteiger partial charge in [0.05, 0.1) is 37.8 Å². The minimum absolute atomic E-state index is 0.635. The van der Waals surface area contributed by atoms with Gasteiger partial charge in [-0.05, 0) is 50.2 Å². The van der Waals surface area contributed by atoms with E-state index >= 15 is 0 Å². The first-order valence-corrected chi connectivity index (χ1v) is 9.20. The molecule has 1 aromatic heterocycles. The van der Waals surface area contributed by atoms with Crippen molar-refractivity contribution in [1.82, 2.24) is 15.1 Å². The standard InChI is InChI=1S/C19H28N4O2S/c1-6-7-10-20-19(26)21-18-13(2)22-23(14(18)3)12-15-8-9-16(24-4)17(11-15)25-5/h8-9,11H,6-7,10,12H2,1-5H3,(H2,20,21,26). The average Bonchev–Trinajstić information content (AvgIpc) is 2.89. The number of methoxy groups -OCH3 is 2. The fraction of sp³-hybridized carbons (Fsp3) is 0.474. The molecule has 6 nitrogen and oxygen atoms in total. The summed E-state index contributed by atoms with van der Waals surface area (Å²) in [5, 5.41) is 11.8. The summed E-state index contributed by atoms with van der Waals surface area (Å²) in [6.07, 6.45) is 2.23. The molecule has 2 N–H and O–H groups in total. The number of rotatable bonds is 8. The zero-order valence-electron chi connectivity index (χ0n) is 16.2. The summed E-state index contributed by atoms with van der Waals surface area (Å²) in [4.78, 5) is 0. The molecule has 0 amide bonds. The summed E-state index contributed by atoms with van der Waals surface area (Å²) < 4.78 is 12.6. The second-order valence-electron chi connectivity index (χ2n) is 6.13. The Morgan fingerprint density at radius 3 is 2.58 bits per heavy atom. The molecule has 1 heterocycles. The lowest BCUT2D eigenvalue weighted by Crippen LogP contribution is -2.29. The van der Waals surface area contributed by atoms with Gasteiger partial charge in [-0.25, -0.2) is 0 Å². The zero-order valence-corrected chi connectivity index (χ0v) is 17.0. The van der Waals surface area contributed by atoms with Crippen molar-refractivity contribution >= 4 is 23.0 Å². The van der Waals surface area contributed by atoms with Gasteiger partial charge in [0.25, 0.3) is 0 Å². The predicted octanol–water partition coefficient (Wildman–Crippen LogP) is 3.65. The van der Waals surface area contributed by atoms with Gasteiger partial charge in [-0.2, -0.15) is 5.10 Å². The molecule has 0 radical (unpaired) electrons. The van der Waals surface area contributed by atoms with E-state index in [2.05, 4.69) is 22.7 Å². The van der Waals surface area contributed by atoms with E-state index in [-0.39, 0.29) is 0 Å². The van der Waals surface area contributed by atoms with Crippen molar-refractivity contribution in [2.24, 2.45) is 0 Å². The van der Waals surface area contributed by atoms with Crippen LogP contribution in [0.4, 0.5) is 5.69 Å². The van der Waals surface area contributed by atoms with E-state index in [9.17, 15) is 0 Å². The van der Waals surface area contributed by atoms with Crippen LogP contribution in [-0.2, 0) is 6.54 Å². The molecule has 0 fully saturated rings. The molecule has 0 aliphatic carbocycles. The van der Waals surface area contributed by atoms with Crippen LogP contribution in [0.5, 0.6) is 11.5 Å². The normalized spacial score (nSPS) is 10.5. The highest BCUT2D eigenvalue weighted by Gasteiger charge is 2.14. The van der Waals surface area contributed by atoms with Crippen molar-refractivity contribution in [3.8, 4) is 11.5 Å². The van der Waals surface area contributed by atoms with Crippen LogP contribution in [0.3, 0.4) is 0 Å². The minimum Gasteiger partial charge on any atom is -0.493 e. The molecule has 0 saturated carbocycles. The van der Waals surface area contributed by atoms with Crippen LogP contribution in [-0.4, -0.2) is 35.7 Å². The van der Waals surface area contributed by atoms with Crippen molar-refractivity contribution in [2.75, 3.05) is 26.1 Å². The highest BCUT2D eigenvalue weighted by atomic mass is 32.1. The molecule has 0 unspecified atom stereocenters. The molecular formula is C19H28N4O2S. The van der Waals surface area contributed by atoms with Crippen LogP contribution in [0.1, 0.15) is 36.7 Å². The average molecular weight is 377 g/mol. The first kappa shape index (κ1) is 20.0. The van der Waals surface area contributed by atoms with E-state index in [4.69, 9.17) is 21.7 Å². The quantitative estimate of drug-likeness (QED) is 0.542. The number of ether oxygens (including phenoxy) is 2. The number of benzene rings is 1. The number of nitrogens with one attached hydrogen (secondary N) is 2. The first-order valence-electron chi connectivity index (χ1n) is 8.79. The molecule has 0 spiro atoms. The molecule has 7 heteroatoms. The largest absolute Gasteiger partial charge is 0.493 e. The molecule has 0 saturated heterocycles. The maximum atomic E-state index is 5.38. The van der Waals surface area contributed by atoms with E-state index in [1.807, 2.05) is 36.7 Å². The van der Waals surface area contributed by atoms with Gasteiger partial charge in [-0.15, -0.1) is 0 Å². The number of thiocarbonyl (C=S) groups is 1. The Hall–Kier alpha value is -2.28. The summed E-state index contributed by atoms with van der Waals surface area (Å²) >= 11 is 5.38. The van der Waals surface area contributed by atoms with Crippen LogP contribution in [0.2, 0.25) is 0 Å². The summed E-state index contributed by atoms with van der Waals surface area (Å²) in [6, 6.07) is 5.90. The second-order valence-corrected chi connectivity index (χ2v) is 6.54. The smallest absolute Gasteiger partial charge is 0.170 e. The Morgan fingerprint density at radius 1 is 1.19 bits per heavy atom. The molecule has 0 aliphatic heterocycles. The van der Waals surface area contributed by atoms with Crippen molar-refractivity contribution in [2.45, 2.75) is 40.2 Å². The molecule has 26 heavy (non-hydrogen) atoms. The van der Waals surface area contributed by atoms with Crippen LogP contribution in [0.15, 0.2) is 18.2 Å². The van der Waals surface area contributed by atoms with Gasteiger partial charge >= 0.3 is 0 Å². The van der Waals surface area contributed by atoms with Gasteiger partial charge in [0, 0.05) is 6.54 Å². The molecule has 0 atom stereocenters. The topological polar surface area (TPSA) is 60.3 Å². The molecule has 1 aromatic carbocycles. The lowest BCUT2D eigenvalue weighted by atomic mass is 10.2. The maximum Gasteiger partial charge on any atom is 0.170 e. The predicted molar refractivity (Wildman–Crippen MR) is 109 cm³/mol.